The molecule has 2 amide bonds. The number of hydrogen-bond acceptors (Lipinski definition) is 2. The second-order valence-corrected chi connectivity index (χ2v) is 4.63. The summed E-state index contributed by atoms with van der Waals surface area (Å²) < 4.78 is 0. The van der Waals surface area contributed by atoms with E-state index in [9.17, 15) is 9.59 Å². The fraction of sp³-hybridized carbons (Fsp3) is 0.818. The van der Waals surface area contributed by atoms with Crippen LogP contribution in [0, 0.1) is 17.8 Å². The molecule has 0 aromatic rings. The van der Waals surface area contributed by atoms with Crippen molar-refractivity contribution in [3.63, 3.8) is 0 Å². The highest BCUT2D eigenvalue weighted by atomic mass is 16.2. The molecule has 0 bridgehead atoms. The van der Waals surface area contributed by atoms with Crippen LogP contribution in [0.4, 0.5) is 0 Å². The Balaban J connectivity index is 1.99. The number of carbonyl (C=O) groups excluding carboxylic acids is 2. The maximum absolute atomic E-state index is 11.5. The topological polar surface area (TPSA) is 46.2 Å². The molecule has 2 fully saturated rings. The summed E-state index contributed by atoms with van der Waals surface area (Å²) in [5.41, 5.74) is 0. The van der Waals surface area contributed by atoms with Crippen LogP contribution in [0.25, 0.3) is 0 Å². The van der Waals surface area contributed by atoms with E-state index in [4.69, 9.17) is 0 Å². The highest BCUT2D eigenvalue weighted by molar-refractivity contribution is 6.03. The van der Waals surface area contributed by atoms with Crippen LogP contribution < -0.4 is 5.32 Å². The summed E-state index contributed by atoms with van der Waals surface area (Å²) in [7, 11) is 0. The molecule has 0 spiro atoms. The van der Waals surface area contributed by atoms with Gasteiger partial charge in [-0.15, -0.1) is 0 Å². The zero-order valence-electron chi connectivity index (χ0n) is 8.58. The number of hydrogen-bond donors (Lipinski definition) is 1. The standard InChI is InChI=1S/C11H17NO2/c1-7(8-4-2-3-5-8)9-6-10(13)12-11(9)14/h7-9H,2-6H2,1H3,(H,12,13,14). The molecule has 2 atom stereocenters. The van der Waals surface area contributed by atoms with E-state index in [0.717, 1.165) is 0 Å². The second kappa shape index (κ2) is 3.71. The highest BCUT2D eigenvalue weighted by Gasteiger charge is 2.38. The lowest BCUT2D eigenvalue weighted by molar-refractivity contribution is -0.126. The van der Waals surface area contributed by atoms with Crippen molar-refractivity contribution in [2.24, 2.45) is 17.8 Å². The van der Waals surface area contributed by atoms with Crippen LogP contribution in [-0.4, -0.2) is 11.8 Å². The number of carbonyl (C=O) groups is 2. The predicted octanol–water partition coefficient (Wildman–Crippen LogP) is 1.48. The Bertz CT molecular complexity index is 256. The Morgan fingerprint density at radius 1 is 1.29 bits per heavy atom. The Kier molecular flexibility index (Phi) is 2.57. The molecule has 1 saturated heterocycles. The lowest BCUT2D eigenvalue weighted by atomic mass is 9.81. The lowest BCUT2D eigenvalue weighted by Gasteiger charge is -2.22. The van der Waals surface area contributed by atoms with Gasteiger partial charge in [-0.3, -0.25) is 14.9 Å². The molecule has 0 radical (unpaired) electrons. The molecule has 14 heavy (non-hydrogen) atoms. The first-order valence-electron chi connectivity index (χ1n) is 5.52. The van der Waals surface area contributed by atoms with Crippen molar-refractivity contribution in [2.45, 2.75) is 39.0 Å². The molecule has 3 heteroatoms. The molecule has 2 unspecified atom stereocenters. The summed E-state index contributed by atoms with van der Waals surface area (Å²) >= 11 is 0. The highest BCUT2D eigenvalue weighted by Crippen LogP contribution is 2.37. The van der Waals surface area contributed by atoms with E-state index in [-0.39, 0.29) is 17.7 Å². The van der Waals surface area contributed by atoms with Crippen LogP contribution in [-0.2, 0) is 9.59 Å². The first-order chi connectivity index (χ1) is 6.68. The van der Waals surface area contributed by atoms with Gasteiger partial charge in [-0.2, -0.15) is 0 Å². The number of rotatable bonds is 2. The summed E-state index contributed by atoms with van der Waals surface area (Å²) in [4.78, 5) is 22.5. The fourth-order valence-corrected chi connectivity index (χ4v) is 2.81. The van der Waals surface area contributed by atoms with E-state index in [0.29, 0.717) is 18.3 Å². The number of amides is 2. The van der Waals surface area contributed by atoms with Crippen molar-refractivity contribution in [1.82, 2.24) is 5.32 Å². The van der Waals surface area contributed by atoms with E-state index in [2.05, 4.69) is 12.2 Å². The first-order valence-corrected chi connectivity index (χ1v) is 5.52. The van der Waals surface area contributed by atoms with Gasteiger partial charge < -0.3 is 0 Å². The van der Waals surface area contributed by atoms with Crippen molar-refractivity contribution in [3.8, 4) is 0 Å². The molecule has 3 nitrogen and oxygen atoms in total. The zero-order chi connectivity index (χ0) is 10.1. The van der Waals surface area contributed by atoms with Crippen LogP contribution in [0.3, 0.4) is 0 Å². The van der Waals surface area contributed by atoms with Gasteiger partial charge in [-0.25, -0.2) is 0 Å². The maximum Gasteiger partial charge on any atom is 0.230 e. The van der Waals surface area contributed by atoms with E-state index in [1.54, 1.807) is 0 Å². The maximum atomic E-state index is 11.5. The Morgan fingerprint density at radius 3 is 2.43 bits per heavy atom. The molecule has 2 aliphatic rings. The van der Waals surface area contributed by atoms with Gasteiger partial charge in [0.2, 0.25) is 11.8 Å². The predicted molar refractivity (Wildman–Crippen MR) is 52.4 cm³/mol. The smallest absolute Gasteiger partial charge is 0.230 e. The minimum absolute atomic E-state index is 0.0469. The number of nitrogens with one attached hydrogen (secondary N) is 1. The third-order valence-corrected chi connectivity index (χ3v) is 3.78. The van der Waals surface area contributed by atoms with Crippen LogP contribution in [0.1, 0.15) is 39.0 Å². The Hall–Kier alpha value is -0.860. The summed E-state index contributed by atoms with van der Waals surface area (Å²) in [6, 6.07) is 0. The molecule has 1 heterocycles. The van der Waals surface area contributed by atoms with E-state index >= 15 is 0 Å². The third kappa shape index (κ3) is 1.68. The minimum Gasteiger partial charge on any atom is -0.296 e. The molecule has 78 valence electrons. The van der Waals surface area contributed by atoms with Crippen LogP contribution in [0.5, 0.6) is 0 Å². The van der Waals surface area contributed by atoms with Gasteiger partial charge in [0.15, 0.2) is 0 Å². The van der Waals surface area contributed by atoms with Gasteiger partial charge in [0.1, 0.15) is 0 Å². The average Bonchev–Trinajstić information content (AvgIpc) is 2.73. The monoisotopic (exact) mass is 195 g/mol. The van der Waals surface area contributed by atoms with Gasteiger partial charge in [-0.05, 0) is 11.8 Å². The zero-order valence-corrected chi connectivity index (χ0v) is 8.58. The van der Waals surface area contributed by atoms with Crippen molar-refractivity contribution < 1.29 is 9.59 Å². The molecule has 1 aliphatic carbocycles. The summed E-state index contributed by atoms with van der Waals surface area (Å²) in [6.45, 7) is 2.12. The third-order valence-electron chi connectivity index (χ3n) is 3.78. The van der Waals surface area contributed by atoms with Gasteiger partial charge in [0.25, 0.3) is 0 Å². The number of imide groups is 1. The quantitative estimate of drug-likeness (QED) is 0.678. The van der Waals surface area contributed by atoms with Crippen LogP contribution in [0.15, 0.2) is 0 Å². The molecule has 2 rings (SSSR count). The second-order valence-electron chi connectivity index (χ2n) is 4.63. The van der Waals surface area contributed by atoms with Crippen molar-refractivity contribution in [3.05, 3.63) is 0 Å². The lowest BCUT2D eigenvalue weighted by Crippen LogP contribution is -2.27. The molecular weight excluding hydrogens is 178 g/mol. The van der Waals surface area contributed by atoms with Crippen molar-refractivity contribution in [1.29, 1.82) is 0 Å². The molecule has 0 aromatic carbocycles. The summed E-state index contributed by atoms with van der Waals surface area (Å²) in [5, 5.41) is 2.39. The largest absolute Gasteiger partial charge is 0.296 e. The molecule has 0 aromatic heterocycles. The van der Waals surface area contributed by atoms with E-state index < -0.39 is 0 Å². The van der Waals surface area contributed by atoms with Crippen LogP contribution >= 0.6 is 0 Å². The van der Waals surface area contributed by atoms with Gasteiger partial charge >= 0.3 is 0 Å². The van der Waals surface area contributed by atoms with Crippen LogP contribution in [0.2, 0.25) is 0 Å². The van der Waals surface area contributed by atoms with Crippen molar-refractivity contribution >= 4 is 11.8 Å². The molecule has 1 aliphatic heterocycles. The van der Waals surface area contributed by atoms with Gasteiger partial charge in [0, 0.05) is 12.3 Å². The van der Waals surface area contributed by atoms with E-state index in [1.165, 1.54) is 25.7 Å². The van der Waals surface area contributed by atoms with Crippen molar-refractivity contribution in [2.75, 3.05) is 0 Å². The minimum atomic E-state index is -0.0927. The molecular formula is C11H17NO2. The Labute approximate surface area is 84.2 Å². The normalized spacial score (nSPS) is 30.8. The van der Waals surface area contributed by atoms with Gasteiger partial charge in [0.05, 0.1) is 0 Å². The molecule has 1 saturated carbocycles. The summed E-state index contributed by atoms with van der Waals surface area (Å²) in [5.74, 6) is 0.852. The summed E-state index contributed by atoms with van der Waals surface area (Å²) in [6.07, 6.45) is 5.46. The van der Waals surface area contributed by atoms with E-state index in [1.807, 2.05) is 0 Å². The van der Waals surface area contributed by atoms with Gasteiger partial charge in [-0.1, -0.05) is 32.6 Å². The average molecular weight is 195 g/mol. The molecule has 1 N–H and O–H groups in total. The Morgan fingerprint density at radius 2 is 1.93 bits per heavy atom. The first kappa shape index (κ1) is 9.69. The fourth-order valence-electron chi connectivity index (χ4n) is 2.81. The SMILES string of the molecule is CC(C1CCCC1)C1CC(=O)NC1=O.